The lowest BCUT2D eigenvalue weighted by molar-refractivity contribution is -0.384. The normalized spacial score (nSPS) is 21.6. The van der Waals surface area contributed by atoms with E-state index in [1.54, 1.807) is 0 Å². The number of nitrogens with one attached hydrogen (secondary N) is 1. The van der Waals surface area contributed by atoms with E-state index in [0.29, 0.717) is 12.8 Å². The van der Waals surface area contributed by atoms with Crippen molar-refractivity contribution in [2.75, 3.05) is 0 Å². The lowest BCUT2D eigenvalue weighted by Crippen LogP contribution is -2.50. The fourth-order valence-corrected chi connectivity index (χ4v) is 2.30. The lowest BCUT2D eigenvalue weighted by Gasteiger charge is -2.33. The van der Waals surface area contributed by atoms with Crippen LogP contribution in [0.3, 0.4) is 0 Å². The summed E-state index contributed by atoms with van der Waals surface area (Å²) < 4.78 is 0. The SMILES string of the molecule is NC1CC(NC(=O)c2cc([N+](=O)[O-])cc(Cl)c2Cl)C1. The Bertz CT molecular complexity index is 544. The molecule has 0 unspecified atom stereocenters. The Hall–Kier alpha value is -1.37. The Labute approximate surface area is 119 Å². The minimum atomic E-state index is -0.627. The van der Waals surface area contributed by atoms with Crippen LogP contribution in [0.5, 0.6) is 0 Å². The Balaban J connectivity index is 2.22. The van der Waals surface area contributed by atoms with Crippen molar-refractivity contribution in [3.8, 4) is 0 Å². The average Bonchev–Trinajstić information content (AvgIpc) is 2.30. The summed E-state index contributed by atoms with van der Waals surface area (Å²) in [7, 11) is 0. The van der Waals surface area contributed by atoms with E-state index in [4.69, 9.17) is 28.9 Å². The van der Waals surface area contributed by atoms with Gasteiger partial charge in [-0.05, 0) is 12.8 Å². The van der Waals surface area contributed by atoms with Gasteiger partial charge in [-0.1, -0.05) is 23.2 Å². The van der Waals surface area contributed by atoms with Crippen molar-refractivity contribution >= 4 is 34.8 Å². The predicted octanol–water partition coefficient (Wildman–Crippen LogP) is 2.12. The molecule has 0 heterocycles. The highest BCUT2D eigenvalue weighted by Crippen LogP contribution is 2.31. The van der Waals surface area contributed by atoms with Crippen LogP contribution in [0.25, 0.3) is 0 Å². The monoisotopic (exact) mass is 303 g/mol. The zero-order valence-corrected chi connectivity index (χ0v) is 11.2. The van der Waals surface area contributed by atoms with Gasteiger partial charge in [0.1, 0.15) is 0 Å². The maximum atomic E-state index is 12.0. The van der Waals surface area contributed by atoms with Gasteiger partial charge in [0.05, 0.1) is 20.5 Å². The Morgan fingerprint density at radius 1 is 1.42 bits per heavy atom. The van der Waals surface area contributed by atoms with Crippen LogP contribution >= 0.6 is 23.2 Å². The van der Waals surface area contributed by atoms with Crippen LogP contribution in [0.4, 0.5) is 5.69 Å². The van der Waals surface area contributed by atoms with Crippen molar-refractivity contribution in [2.24, 2.45) is 5.73 Å². The van der Waals surface area contributed by atoms with E-state index in [0.717, 1.165) is 12.1 Å². The van der Waals surface area contributed by atoms with Crippen LogP contribution in [0, 0.1) is 10.1 Å². The minimum Gasteiger partial charge on any atom is -0.349 e. The number of halogens is 2. The highest BCUT2D eigenvalue weighted by atomic mass is 35.5. The highest BCUT2D eigenvalue weighted by Gasteiger charge is 2.29. The number of hydrogen-bond acceptors (Lipinski definition) is 4. The van der Waals surface area contributed by atoms with Crippen molar-refractivity contribution in [3.05, 3.63) is 37.9 Å². The van der Waals surface area contributed by atoms with Crippen molar-refractivity contribution in [2.45, 2.75) is 24.9 Å². The van der Waals surface area contributed by atoms with Gasteiger partial charge in [0.2, 0.25) is 0 Å². The first-order chi connectivity index (χ1) is 8.88. The first-order valence-corrected chi connectivity index (χ1v) is 6.34. The van der Waals surface area contributed by atoms with Gasteiger partial charge < -0.3 is 11.1 Å². The molecule has 102 valence electrons. The molecule has 8 heteroatoms. The number of nitro benzene ring substituents is 1. The quantitative estimate of drug-likeness (QED) is 0.660. The maximum absolute atomic E-state index is 12.0. The predicted molar refractivity (Wildman–Crippen MR) is 71.6 cm³/mol. The molecule has 0 aromatic heterocycles. The summed E-state index contributed by atoms with van der Waals surface area (Å²) in [5.41, 5.74) is 5.34. The second-order valence-corrected chi connectivity index (χ2v) is 5.23. The zero-order valence-electron chi connectivity index (χ0n) is 9.73. The van der Waals surface area contributed by atoms with Crippen molar-refractivity contribution < 1.29 is 9.72 Å². The van der Waals surface area contributed by atoms with Gasteiger partial charge in [-0.25, -0.2) is 0 Å². The summed E-state index contributed by atoms with van der Waals surface area (Å²) >= 11 is 11.7. The molecule has 0 aliphatic heterocycles. The standard InChI is InChI=1S/C11H11Cl2N3O3/c12-9-4-7(16(18)19)3-8(10(9)13)11(17)15-6-1-5(14)2-6/h3-6H,1-2,14H2,(H,15,17). The number of carbonyl (C=O) groups is 1. The molecule has 0 radical (unpaired) electrons. The molecule has 2 rings (SSSR count). The number of amides is 1. The fraction of sp³-hybridized carbons (Fsp3) is 0.364. The van der Waals surface area contributed by atoms with E-state index in [2.05, 4.69) is 5.32 Å². The summed E-state index contributed by atoms with van der Waals surface area (Å²) in [6, 6.07) is 2.30. The number of benzene rings is 1. The molecule has 0 atom stereocenters. The van der Waals surface area contributed by atoms with Crippen molar-refractivity contribution in [1.29, 1.82) is 0 Å². The summed E-state index contributed by atoms with van der Waals surface area (Å²) in [5, 5.41) is 13.4. The van der Waals surface area contributed by atoms with Gasteiger partial charge in [0.15, 0.2) is 0 Å². The lowest BCUT2D eigenvalue weighted by atomic mass is 9.87. The topological polar surface area (TPSA) is 98.3 Å². The van der Waals surface area contributed by atoms with Gasteiger partial charge >= 0.3 is 0 Å². The Kier molecular flexibility index (Phi) is 3.93. The highest BCUT2D eigenvalue weighted by molar-refractivity contribution is 6.44. The van der Waals surface area contributed by atoms with E-state index in [-0.39, 0.29) is 33.4 Å². The Morgan fingerprint density at radius 2 is 2.05 bits per heavy atom. The Morgan fingerprint density at radius 3 is 2.58 bits per heavy atom. The van der Waals surface area contributed by atoms with E-state index in [1.807, 2.05) is 0 Å². The third-order valence-electron chi connectivity index (χ3n) is 2.98. The molecule has 1 aliphatic carbocycles. The second-order valence-electron chi connectivity index (χ2n) is 4.45. The first kappa shape index (κ1) is 14.0. The molecule has 1 aromatic carbocycles. The van der Waals surface area contributed by atoms with Gasteiger partial charge in [0, 0.05) is 24.2 Å². The largest absolute Gasteiger partial charge is 0.349 e. The van der Waals surface area contributed by atoms with Crippen LogP contribution in [0.15, 0.2) is 12.1 Å². The molecule has 1 aliphatic rings. The van der Waals surface area contributed by atoms with E-state index >= 15 is 0 Å². The number of carbonyl (C=O) groups excluding carboxylic acids is 1. The van der Waals surface area contributed by atoms with Crippen LogP contribution in [-0.4, -0.2) is 22.9 Å². The molecule has 1 fully saturated rings. The third kappa shape index (κ3) is 2.97. The third-order valence-corrected chi connectivity index (χ3v) is 3.78. The number of nitrogens with zero attached hydrogens (tertiary/aromatic N) is 1. The molecular formula is C11H11Cl2N3O3. The molecular weight excluding hydrogens is 293 g/mol. The van der Waals surface area contributed by atoms with E-state index in [1.165, 1.54) is 0 Å². The molecule has 0 spiro atoms. The van der Waals surface area contributed by atoms with Crippen LogP contribution in [-0.2, 0) is 0 Å². The number of nitrogens with two attached hydrogens (primary N) is 1. The minimum absolute atomic E-state index is 0.00124. The van der Waals surface area contributed by atoms with Crippen molar-refractivity contribution in [3.63, 3.8) is 0 Å². The molecule has 1 aromatic rings. The maximum Gasteiger partial charge on any atom is 0.271 e. The number of nitro groups is 1. The van der Waals surface area contributed by atoms with Gasteiger partial charge in [-0.3, -0.25) is 14.9 Å². The number of non-ortho nitro benzene ring substituents is 1. The second kappa shape index (κ2) is 5.32. The molecule has 0 bridgehead atoms. The smallest absolute Gasteiger partial charge is 0.271 e. The summed E-state index contributed by atoms with van der Waals surface area (Å²) in [6.07, 6.45) is 1.37. The zero-order chi connectivity index (χ0) is 14.2. The summed E-state index contributed by atoms with van der Waals surface area (Å²) in [5.74, 6) is -0.479. The molecule has 0 saturated heterocycles. The fourth-order valence-electron chi connectivity index (χ4n) is 1.89. The van der Waals surface area contributed by atoms with Crippen molar-refractivity contribution in [1.82, 2.24) is 5.32 Å². The number of rotatable bonds is 3. The molecule has 1 saturated carbocycles. The molecule has 3 N–H and O–H groups in total. The average molecular weight is 304 g/mol. The van der Waals surface area contributed by atoms with Crippen LogP contribution < -0.4 is 11.1 Å². The molecule has 6 nitrogen and oxygen atoms in total. The summed E-state index contributed by atoms with van der Waals surface area (Å²) in [6.45, 7) is 0. The van der Waals surface area contributed by atoms with Gasteiger partial charge in [-0.2, -0.15) is 0 Å². The molecule has 1 amide bonds. The van der Waals surface area contributed by atoms with E-state index in [9.17, 15) is 14.9 Å². The van der Waals surface area contributed by atoms with Crippen LogP contribution in [0.2, 0.25) is 10.0 Å². The molecule has 19 heavy (non-hydrogen) atoms. The van der Waals surface area contributed by atoms with Gasteiger partial charge in [-0.15, -0.1) is 0 Å². The van der Waals surface area contributed by atoms with E-state index < -0.39 is 10.8 Å². The van der Waals surface area contributed by atoms with Crippen LogP contribution in [0.1, 0.15) is 23.2 Å². The first-order valence-electron chi connectivity index (χ1n) is 5.58. The van der Waals surface area contributed by atoms with Gasteiger partial charge in [0.25, 0.3) is 11.6 Å². The number of hydrogen-bond donors (Lipinski definition) is 2. The summed E-state index contributed by atoms with van der Waals surface area (Å²) in [4.78, 5) is 22.1.